The minimum atomic E-state index is -0.168. The summed E-state index contributed by atoms with van der Waals surface area (Å²) < 4.78 is 1.22. The number of hydrogen-bond donors (Lipinski definition) is 1. The monoisotopic (exact) mass is 379 g/mol. The zero-order valence-electron chi connectivity index (χ0n) is 9.99. The van der Waals surface area contributed by atoms with Crippen LogP contribution < -0.4 is 5.32 Å². The maximum atomic E-state index is 11.1. The summed E-state index contributed by atoms with van der Waals surface area (Å²) in [7, 11) is 0. The molecule has 2 aromatic rings. The van der Waals surface area contributed by atoms with Crippen LogP contribution in [0.4, 0.5) is 5.69 Å². The molecule has 1 N–H and O–H groups in total. The zero-order valence-corrected chi connectivity index (χ0v) is 13.2. The SMILES string of the molecule is Brc1cc2cc(c1)C2.O=C1Nc2ccccc2C1Br. The highest BCUT2D eigenvalue weighted by molar-refractivity contribution is 9.10. The third-order valence-electron chi connectivity index (χ3n) is 3.15. The molecule has 2 nitrogen and oxygen atoms in total. The number of benzene rings is 2. The third-order valence-corrected chi connectivity index (χ3v) is 4.51. The van der Waals surface area contributed by atoms with E-state index in [1.165, 1.54) is 22.0 Å². The van der Waals surface area contributed by atoms with Crippen molar-refractivity contribution in [3.05, 3.63) is 63.6 Å². The highest BCUT2D eigenvalue weighted by Crippen LogP contribution is 2.35. The molecule has 5 rings (SSSR count). The molecule has 1 aliphatic heterocycles. The van der Waals surface area contributed by atoms with E-state index >= 15 is 0 Å². The maximum absolute atomic E-state index is 11.1. The smallest absolute Gasteiger partial charge is 0.242 e. The highest BCUT2D eigenvalue weighted by Gasteiger charge is 2.26. The molecule has 0 spiro atoms. The first kappa shape index (κ1) is 12.9. The van der Waals surface area contributed by atoms with Gasteiger partial charge < -0.3 is 5.32 Å². The number of anilines is 1. The average Bonchev–Trinajstić information content (AvgIpc) is 2.65. The molecule has 4 heteroatoms. The van der Waals surface area contributed by atoms with Crippen LogP contribution in [0.1, 0.15) is 21.5 Å². The molecule has 1 heterocycles. The number of carbonyl (C=O) groups excluding carboxylic acids is 1. The Bertz CT molecular complexity index is 633. The lowest BCUT2D eigenvalue weighted by Crippen LogP contribution is -2.06. The van der Waals surface area contributed by atoms with Crippen LogP contribution in [-0.2, 0) is 11.2 Å². The summed E-state index contributed by atoms with van der Waals surface area (Å²) >= 11 is 6.69. The summed E-state index contributed by atoms with van der Waals surface area (Å²) in [5.41, 5.74) is 4.85. The second kappa shape index (κ2) is 5.10. The van der Waals surface area contributed by atoms with Crippen LogP contribution in [0.15, 0.2) is 46.9 Å². The van der Waals surface area contributed by atoms with E-state index in [1.54, 1.807) is 0 Å². The molecular weight excluding hydrogens is 370 g/mol. The first-order valence-electron chi connectivity index (χ1n) is 5.96. The summed E-state index contributed by atoms with van der Waals surface area (Å²) in [6.45, 7) is 0. The van der Waals surface area contributed by atoms with Crippen LogP contribution in [0.3, 0.4) is 0 Å². The molecule has 0 saturated heterocycles. The first-order chi connectivity index (χ1) is 9.13. The van der Waals surface area contributed by atoms with E-state index in [4.69, 9.17) is 0 Å². The first-order valence-corrected chi connectivity index (χ1v) is 7.66. The van der Waals surface area contributed by atoms with Crippen molar-refractivity contribution in [1.82, 2.24) is 0 Å². The Morgan fingerprint density at radius 1 is 1.11 bits per heavy atom. The number of carbonyl (C=O) groups is 1. The van der Waals surface area contributed by atoms with Crippen molar-refractivity contribution < 1.29 is 4.79 Å². The molecule has 0 aromatic heterocycles. The van der Waals surface area contributed by atoms with Crippen LogP contribution >= 0.6 is 31.9 Å². The fourth-order valence-electron chi connectivity index (χ4n) is 2.20. The van der Waals surface area contributed by atoms with Crippen LogP contribution in [-0.4, -0.2) is 5.91 Å². The lowest BCUT2D eigenvalue weighted by atomic mass is 9.94. The average molecular weight is 381 g/mol. The topological polar surface area (TPSA) is 29.1 Å². The van der Waals surface area contributed by atoms with Gasteiger partial charge >= 0.3 is 0 Å². The number of hydrogen-bond acceptors (Lipinski definition) is 1. The molecule has 0 radical (unpaired) electrons. The van der Waals surface area contributed by atoms with E-state index in [1.807, 2.05) is 24.3 Å². The third kappa shape index (κ3) is 2.60. The molecule has 1 atom stereocenters. The molecule has 0 saturated carbocycles. The van der Waals surface area contributed by atoms with Crippen molar-refractivity contribution in [2.24, 2.45) is 0 Å². The molecule has 0 fully saturated rings. The molecule has 3 aliphatic rings. The van der Waals surface area contributed by atoms with Gasteiger partial charge in [-0.25, -0.2) is 0 Å². The molecule has 1 unspecified atom stereocenters. The van der Waals surface area contributed by atoms with Crippen molar-refractivity contribution >= 4 is 43.5 Å². The second-order valence-corrected chi connectivity index (χ2v) is 6.41. The molecule has 19 heavy (non-hydrogen) atoms. The Kier molecular flexibility index (Phi) is 3.46. The van der Waals surface area contributed by atoms with Crippen LogP contribution in [0.2, 0.25) is 0 Å². The van der Waals surface area contributed by atoms with Crippen molar-refractivity contribution in [2.45, 2.75) is 11.2 Å². The molecule has 2 aliphatic carbocycles. The van der Waals surface area contributed by atoms with Gasteiger partial charge in [0.2, 0.25) is 5.91 Å². The number of amides is 1. The van der Waals surface area contributed by atoms with E-state index < -0.39 is 0 Å². The molecule has 2 bridgehead atoms. The van der Waals surface area contributed by atoms with Gasteiger partial charge in [0.1, 0.15) is 4.83 Å². The van der Waals surface area contributed by atoms with Gasteiger partial charge in [0, 0.05) is 10.2 Å². The number of halogens is 2. The predicted octanol–water partition coefficient (Wildman–Crippen LogP) is 4.43. The summed E-state index contributed by atoms with van der Waals surface area (Å²) in [4.78, 5) is 10.9. The summed E-state index contributed by atoms with van der Waals surface area (Å²) in [5, 5.41) is 2.76. The molecule has 96 valence electrons. The maximum Gasteiger partial charge on any atom is 0.242 e. The quantitative estimate of drug-likeness (QED) is 0.574. The van der Waals surface area contributed by atoms with Crippen LogP contribution in [0.25, 0.3) is 0 Å². The number of alkyl halides is 1. The number of para-hydroxylation sites is 1. The van der Waals surface area contributed by atoms with Gasteiger partial charge in [-0.2, -0.15) is 0 Å². The van der Waals surface area contributed by atoms with Crippen molar-refractivity contribution in [3.63, 3.8) is 0 Å². The van der Waals surface area contributed by atoms with E-state index in [2.05, 4.69) is 55.4 Å². The van der Waals surface area contributed by atoms with E-state index in [0.717, 1.165) is 11.3 Å². The largest absolute Gasteiger partial charge is 0.325 e. The lowest BCUT2D eigenvalue weighted by molar-refractivity contribution is -0.115. The number of rotatable bonds is 0. The Morgan fingerprint density at radius 3 is 2.26 bits per heavy atom. The number of fused-ring (bicyclic) bond motifs is 3. The van der Waals surface area contributed by atoms with Gasteiger partial charge in [-0.3, -0.25) is 4.79 Å². The van der Waals surface area contributed by atoms with Crippen LogP contribution in [0.5, 0.6) is 0 Å². The predicted molar refractivity (Wildman–Crippen MR) is 83.7 cm³/mol. The summed E-state index contributed by atoms with van der Waals surface area (Å²) in [5.74, 6) is 0.0196. The van der Waals surface area contributed by atoms with Crippen LogP contribution in [0, 0.1) is 0 Å². The van der Waals surface area contributed by atoms with Crippen molar-refractivity contribution in [1.29, 1.82) is 0 Å². The number of nitrogens with one attached hydrogen (secondary N) is 1. The van der Waals surface area contributed by atoms with Gasteiger partial charge in [-0.15, -0.1) is 0 Å². The van der Waals surface area contributed by atoms with Gasteiger partial charge in [-0.05, 0) is 41.3 Å². The van der Waals surface area contributed by atoms with E-state index in [-0.39, 0.29) is 10.7 Å². The Labute approximate surface area is 128 Å². The standard InChI is InChI=1S/C8H6BrNO.C7H5Br/c9-7-5-3-1-2-4-6(5)10-8(7)11;8-7-3-5-1-6(2-5)4-7/h1-4,7H,(H,10,11);1,3-4H,2H2. The highest BCUT2D eigenvalue weighted by atomic mass is 79.9. The lowest BCUT2D eigenvalue weighted by Gasteiger charge is -2.13. The van der Waals surface area contributed by atoms with E-state index in [9.17, 15) is 4.79 Å². The van der Waals surface area contributed by atoms with Gasteiger partial charge in [0.25, 0.3) is 0 Å². The summed E-state index contributed by atoms with van der Waals surface area (Å²) in [6.07, 6.45) is 1.19. The van der Waals surface area contributed by atoms with Gasteiger partial charge in [-0.1, -0.05) is 56.1 Å². The fraction of sp³-hybridized carbons (Fsp3) is 0.133. The minimum absolute atomic E-state index is 0.0196. The second-order valence-electron chi connectivity index (χ2n) is 4.58. The normalized spacial score (nSPS) is 17.8. The van der Waals surface area contributed by atoms with Gasteiger partial charge in [0.15, 0.2) is 0 Å². The Hall–Kier alpha value is -1.13. The van der Waals surface area contributed by atoms with Gasteiger partial charge in [0.05, 0.1) is 0 Å². The zero-order chi connectivity index (χ0) is 13.4. The summed E-state index contributed by atoms with van der Waals surface area (Å²) in [6, 6.07) is 14.2. The van der Waals surface area contributed by atoms with Crippen molar-refractivity contribution in [3.8, 4) is 0 Å². The Morgan fingerprint density at radius 2 is 1.74 bits per heavy atom. The van der Waals surface area contributed by atoms with Crippen molar-refractivity contribution in [2.75, 3.05) is 5.32 Å². The minimum Gasteiger partial charge on any atom is -0.325 e. The molecular formula is C15H11Br2NO. The Balaban J connectivity index is 0.000000122. The fourth-order valence-corrected chi connectivity index (χ4v) is 3.30. The molecule has 2 aromatic carbocycles. The molecule has 1 amide bonds. The van der Waals surface area contributed by atoms with E-state index in [0.29, 0.717) is 0 Å².